The van der Waals surface area contributed by atoms with E-state index in [1.165, 1.54) is 22.4 Å². The van der Waals surface area contributed by atoms with Gasteiger partial charge in [0, 0.05) is 10.2 Å². The van der Waals surface area contributed by atoms with Gasteiger partial charge in [0.2, 0.25) is 0 Å². The van der Waals surface area contributed by atoms with Crippen LogP contribution in [-0.4, -0.2) is 11.9 Å². The first kappa shape index (κ1) is 21.1. The van der Waals surface area contributed by atoms with Gasteiger partial charge in [-0.05, 0) is 41.0 Å². The third-order valence-corrected chi connectivity index (χ3v) is 8.12. The second kappa shape index (κ2) is 9.40. The van der Waals surface area contributed by atoms with Gasteiger partial charge in [0.05, 0.1) is 16.7 Å². The van der Waals surface area contributed by atoms with E-state index in [1.807, 2.05) is 11.8 Å². The molecule has 1 nitrogen and oxygen atoms in total. The number of hydrogen-bond acceptors (Lipinski definition) is 2. The van der Waals surface area contributed by atoms with Gasteiger partial charge in [-0.2, -0.15) is 0 Å². The maximum atomic E-state index is 3.59. The summed E-state index contributed by atoms with van der Waals surface area (Å²) in [6.07, 6.45) is 4.65. The molecule has 3 heteroatoms. The number of halogens is 1. The highest BCUT2D eigenvalue weighted by Crippen LogP contribution is 2.54. The van der Waals surface area contributed by atoms with Gasteiger partial charge in [-0.15, -0.1) is 11.8 Å². The van der Waals surface area contributed by atoms with Crippen molar-refractivity contribution in [3.63, 3.8) is 0 Å². The zero-order chi connectivity index (χ0) is 21.8. The van der Waals surface area contributed by atoms with E-state index in [0.29, 0.717) is 0 Å². The predicted octanol–water partition coefficient (Wildman–Crippen LogP) is 7.99. The van der Waals surface area contributed by atoms with Crippen LogP contribution in [0, 0.1) is 0 Å². The van der Waals surface area contributed by atoms with Crippen molar-refractivity contribution in [2.75, 3.05) is 10.8 Å². The minimum atomic E-state index is -0.207. The molecule has 1 heterocycles. The predicted molar refractivity (Wildman–Crippen MR) is 142 cm³/mol. The third kappa shape index (κ3) is 4.03. The summed E-state index contributed by atoms with van der Waals surface area (Å²) in [6, 6.07) is 41.3. The molecule has 0 saturated carbocycles. The lowest BCUT2D eigenvalue weighted by atomic mass is 9.82. The van der Waals surface area contributed by atoms with Crippen LogP contribution in [0.2, 0.25) is 0 Å². The maximum Gasteiger partial charge on any atom is 0.0914 e. The summed E-state index contributed by atoms with van der Waals surface area (Å²) in [5, 5.41) is 0. The summed E-state index contributed by atoms with van der Waals surface area (Å²) in [7, 11) is 0. The Balaban J connectivity index is 1.68. The Kier molecular flexibility index (Phi) is 6.20. The Hall–Kier alpha value is -2.75. The summed E-state index contributed by atoms with van der Waals surface area (Å²) in [6.45, 7) is 0. The van der Waals surface area contributed by atoms with Crippen molar-refractivity contribution in [2.24, 2.45) is 0 Å². The molecule has 5 rings (SSSR count). The fraction of sp³-hybridized carbons (Fsp3) is 0.103. The van der Waals surface area contributed by atoms with Crippen LogP contribution in [-0.2, 0) is 4.75 Å². The molecule has 0 unspecified atom stereocenters. The number of hydrogen-bond donors (Lipinski definition) is 0. The summed E-state index contributed by atoms with van der Waals surface area (Å²) in [5.41, 5.74) is 5.12. The molecule has 0 spiro atoms. The maximum absolute atomic E-state index is 3.59. The summed E-state index contributed by atoms with van der Waals surface area (Å²) in [4.78, 5) is 2.52. The fourth-order valence-electron chi connectivity index (χ4n) is 4.48. The van der Waals surface area contributed by atoms with Crippen LogP contribution < -0.4 is 4.90 Å². The van der Waals surface area contributed by atoms with Crippen molar-refractivity contribution >= 4 is 39.5 Å². The van der Waals surface area contributed by atoms with Gasteiger partial charge in [-0.3, -0.25) is 0 Å². The summed E-state index contributed by atoms with van der Waals surface area (Å²) in [5.74, 6) is 0.912. The van der Waals surface area contributed by atoms with Crippen LogP contribution in [0.5, 0.6) is 0 Å². The normalized spacial score (nSPS) is 17.7. The second-order valence-corrected chi connectivity index (χ2v) is 10.0. The van der Waals surface area contributed by atoms with Gasteiger partial charge >= 0.3 is 0 Å². The number of rotatable bonds is 5. The lowest BCUT2D eigenvalue weighted by Gasteiger charge is -2.37. The molecule has 32 heavy (non-hydrogen) atoms. The van der Waals surface area contributed by atoms with E-state index in [-0.39, 0.29) is 10.8 Å². The molecule has 0 bridgehead atoms. The number of benzene rings is 4. The van der Waals surface area contributed by atoms with E-state index < -0.39 is 0 Å². The van der Waals surface area contributed by atoms with Gasteiger partial charge in [0.25, 0.3) is 0 Å². The van der Waals surface area contributed by atoms with Crippen LogP contribution in [0.3, 0.4) is 0 Å². The molecule has 1 atom stereocenters. The van der Waals surface area contributed by atoms with Gasteiger partial charge in [0.15, 0.2) is 0 Å². The molecular formula is C29H24BrNS. The molecule has 0 aliphatic carbocycles. The molecule has 0 amide bonds. The second-order valence-electron chi connectivity index (χ2n) is 7.90. The van der Waals surface area contributed by atoms with Crippen molar-refractivity contribution in [2.45, 2.75) is 10.8 Å². The highest BCUT2D eigenvalue weighted by Gasteiger charge is 2.49. The van der Waals surface area contributed by atoms with Crippen LogP contribution in [0.4, 0.5) is 5.69 Å². The average Bonchev–Trinajstić information content (AvgIpc) is 3.25. The van der Waals surface area contributed by atoms with Crippen molar-refractivity contribution in [1.29, 1.82) is 0 Å². The highest BCUT2D eigenvalue weighted by atomic mass is 79.9. The first-order valence-corrected chi connectivity index (χ1v) is 12.6. The van der Waals surface area contributed by atoms with Crippen LogP contribution in [0.1, 0.15) is 16.7 Å². The van der Waals surface area contributed by atoms with E-state index in [1.54, 1.807) is 0 Å². The fourth-order valence-corrected chi connectivity index (χ4v) is 6.38. The van der Waals surface area contributed by atoms with Crippen LogP contribution in [0.15, 0.2) is 126 Å². The lowest BCUT2D eigenvalue weighted by molar-refractivity contribution is 0.638. The first-order valence-electron chi connectivity index (χ1n) is 10.8. The lowest BCUT2D eigenvalue weighted by Crippen LogP contribution is -2.41. The Labute approximate surface area is 202 Å². The van der Waals surface area contributed by atoms with E-state index in [2.05, 4.69) is 148 Å². The van der Waals surface area contributed by atoms with Crippen molar-refractivity contribution < 1.29 is 0 Å². The van der Waals surface area contributed by atoms with Gasteiger partial charge in [-0.25, -0.2) is 0 Å². The van der Waals surface area contributed by atoms with Gasteiger partial charge < -0.3 is 4.90 Å². The molecule has 1 aliphatic heterocycles. The molecule has 4 aromatic carbocycles. The molecule has 1 fully saturated rings. The first-order chi connectivity index (χ1) is 15.8. The average molecular weight is 498 g/mol. The van der Waals surface area contributed by atoms with E-state index in [0.717, 1.165) is 10.3 Å². The smallest absolute Gasteiger partial charge is 0.0914 e. The number of thioether (sulfide) groups is 1. The Morgan fingerprint density at radius 3 is 1.81 bits per heavy atom. The molecule has 1 aliphatic rings. The number of nitrogens with zero attached hydrogens (tertiary/aromatic N) is 1. The van der Waals surface area contributed by atoms with Gasteiger partial charge in [-0.1, -0.05) is 119 Å². The van der Waals surface area contributed by atoms with Gasteiger partial charge in [0.1, 0.15) is 0 Å². The third-order valence-electron chi connectivity index (χ3n) is 6.02. The minimum absolute atomic E-state index is 0.152. The molecule has 1 saturated heterocycles. The van der Waals surface area contributed by atoms with E-state index in [9.17, 15) is 0 Å². The molecule has 0 aromatic heterocycles. The van der Waals surface area contributed by atoms with Crippen molar-refractivity contribution in [3.05, 3.63) is 143 Å². The Morgan fingerprint density at radius 1 is 0.719 bits per heavy atom. The monoisotopic (exact) mass is 497 g/mol. The molecule has 0 radical (unpaired) electrons. The highest BCUT2D eigenvalue weighted by molar-refractivity contribution is 9.10. The Bertz CT molecular complexity index is 1130. The number of anilines is 1. The zero-order valence-electron chi connectivity index (χ0n) is 17.6. The molecule has 158 valence electrons. The van der Waals surface area contributed by atoms with Crippen molar-refractivity contribution in [1.82, 2.24) is 0 Å². The summed E-state index contributed by atoms with van der Waals surface area (Å²) < 4.78 is 0.891. The van der Waals surface area contributed by atoms with Crippen molar-refractivity contribution in [3.8, 4) is 0 Å². The Morgan fingerprint density at radius 2 is 1.25 bits per heavy atom. The standard InChI is InChI=1S/C29H24BrNS/c30-26-17-19-27(20-18-26)31-22-32-29(24-12-6-2-7-13-24,25-14-8-3-9-15-25)28(31)21-16-23-10-4-1-5-11-23/h1-21,28H,22H2/b21-16+/t28-/m1/s1. The molecular weight excluding hydrogens is 474 g/mol. The molecule has 4 aromatic rings. The largest absolute Gasteiger partial charge is 0.354 e. The quantitative estimate of drug-likeness (QED) is 0.274. The van der Waals surface area contributed by atoms with E-state index >= 15 is 0 Å². The summed E-state index contributed by atoms with van der Waals surface area (Å²) >= 11 is 5.60. The minimum Gasteiger partial charge on any atom is -0.354 e. The van der Waals surface area contributed by atoms with E-state index in [4.69, 9.17) is 0 Å². The van der Waals surface area contributed by atoms with Crippen LogP contribution >= 0.6 is 27.7 Å². The molecule has 0 N–H and O–H groups in total. The topological polar surface area (TPSA) is 3.24 Å². The van der Waals surface area contributed by atoms with Crippen LogP contribution in [0.25, 0.3) is 6.08 Å². The SMILES string of the molecule is Brc1ccc(N2CSC(c3ccccc3)(c3ccccc3)[C@H]2/C=C/c2ccccc2)cc1. The zero-order valence-corrected chi connectivity index (χ0v) is 20.0.